The van der Waals surface area contributed by atoms with Crippen LogP contribution in [0.25, 0.3) is 10.8 Å². The van der Waals surface area contributed by atoms with Gasteiger partial charge in [-0.2, -0.15) is 4.31 Å². The van der Waals surface area contributed by atoms with E-state index in [-0.39, 0.29) is 21.8 Å². The number of fused-ring (bicyclic) bond motifs is 1. The summed E-state index contributed by atoms with van der Waals surface area (Å²) in [7, 11) is -4.51. The smallest absolute Gasteiger partial charge is 0.429 e. The number of hydrogen-bond donors (Lipinski definition) is 1. The molecule has 0 aliphatic heterocycles. The lowest BCUT2D eigenvalue weighted by molar-refractivity contribution is 0.0607. The molecule has 0 saturated carbocycles. The van der Waals surface area contributed by atoms with Crippen LogP contribution in [0.1, 0.15) is 42.4 Å². The van der Waals surface area contributed by atoms with Gasteiger partial charge in [-0.15, -0.1) is 0 Å². The average Bonchev–Trinajstić information content (AvgIpc) is 2.87. The molecule has 8 nitrogen and oxygen atoms in total. The molecule has 1 amide bonds. The monoisotopic (exact) mass is 528 g/mol. The maximum Gasteiger partial charge on any atom is 0.429 e. The lowest BCUT2D eigenvalue weighted by atomic mass is 10.1. The van der Waals surface area contributed by atoms with Gasteiger partial charge in [0.05, 0.1) is 5.69 Å². The quantitative estimate of drug-likeness (QED) is 0.350. The molecule has 9 heteroatoms. The molecular weight excluding hydrogens is 504 g/mol. The number of anilines is 1. The van der Waals surface area contributed by atoms with Gasteiger partial charge in [0.1, 0.15) is 16.2 Å². The van der Waals surface area contributed by atoms with Gasteiger partial charge >= 0.3 is 12.1 Å². The number of aromatic carboxylic acids is 1. The first-order valence-corrected chi connectivity index (χ1v) is 13.0. The van der Waals surface area contributed by atoms with E-state index in [0.717, 1.165) is 5.39 Å². The summed E-state index contributed by atoms with van der Waals surface area (Å²) in [6, 6.07) is 21.0. The van der Waals surface area contributed by atoms with Crippen molar-refractivity contribution in [3.63, 3.8) is 0 Å². The van der Waals surface area contributed by atoms with E-state index in [1.54, 1.807) is 51.1 Å². The van der Waals surface area contributed by atoms with Crippen LogP contribution in [0.4, 0.5) is 10.5 Å². The van der Waals surface area contributed by atoms with Gasteiger partial charge in [0.15, 0.2) is 0 Å². The van der Waals surface area contributed by atoms with Crippen LogP contribution < -0.4 is 4.31 Å². The molecule has 1 N–H and O–H groups in total. The molecule has 4 rings (SSSR count). The van der Waals surface area contributed by atoms with Gasteiger partial charge in [-0.1, -0.05) is 60.4 Å². The van der Waals surface area contributed by atoms with Crippen molar-refractivity contribution in [1.82, 2.24) is 4.98 Å². The summed E-state index contributed by atoms with van der Waals surface area (Å²) < 4.78 is 34.5. The maximum absolute atomic E-state index is 14.1. The summed E-state index contributed by atoms with van der Waals surface area (Å²) in [5.74, 6) is 4.46. The SMILES string of the molecule is CC(C)(C)OC(=O)N(c1cccc2ccccc12)S(=O)(=O)c1ccccc1C#Cc1ccc(C(=O)O)nc1. The number of benzene rings is 3. The van der Waals surface area contributed by atoms with Gasteiger partial charge in [-0.25, -0.2) is 23.0 Å². The van der Waals surface area contributed by atoms with E-state index in [0.29, 0.717) is 15.3 Å². The first-order chi connectivity index (χ1) is 18.0. The van der Waals surface area contributed by atoms with E-state index < -0.39 is 27.7 Å². The van der Waals surface area contributed by atoms with Crippen molar-refractivity contribution in [2.24, 2.45) is 0 Å². The zero-order valence-electron chi connectivity index (χ0n) is 20.9. The van der Waals surface area contributed by atoms with Crippen molar-refractivity contribution >= 4 is 38.5 Å². The Hall–Kier alpha value is -4.68. The largest absolute Gasteiger partial charge is 0.477 e. The topological polar surface area (TPSA) is 114 Å². The Morgan fingerprint density at radius 1 is 0.895 bits per heavy atom. The van der Waals surface area contributed by atoms with Gasteiger partial charge in [-0.05, 0) is 56.5 Å². The van der Waals surface area contributed by atoms with Gasteiger partial charge < -0.3 is 9.84 Å². The van der Waals surface area contributed by atoms with Crippen molar-refractivity contribution in [2.75, 3.05) is 4.31 Å². The molecule has 0 aliphatic rings. The van der Waals surface area contributed by atoms with Crippen LogP contribution >= 0.6 is 0 Å². The molecule has 0 bridgehead atoms. The third-order valence-corrected chi connectivity index (χ3v) is 7.01. The van der Waals surface area contributed by atoms with Crippen molar-refractivity contribution in [1.29, 1.82) is 0 Å². The Kier molecular flexibility index (Phi) is 7.19. The fourth-order valence-corrected chi connectivity index (χ4v) is 5.14. The molecule has 0 unspecified atom stereocenters. The van der Waals surface area contributed by atoms with Crippen molar-refractivity contribution < 1.29 is 27.9 Å². The lowest BCUT2D eigenvalue weighted by Gasteiger charge is -2.28. The van der Waals surface area contributed by atoms with Crippen molar-refractivity contribution in [2.45, 2.75) is 31.3 Å². The normalized spacial score (nSPS) is 11.3. The number of carbonyl (C=O) groups is 2. The first-order valence-electron chi connectivity index (χ1n) is 11.5. The van der Waals surface area contributed by atoms with E-state index in [9.17, 15) is 18.0 Å². The highest BCUT2D eigenvalue weighted by Gasteiger charge is 2.36. The molecule has 3 aromatic carbocycles. The zero-order chi connectivity index (χ0) is 27.5. The Bertz CT molecular complexity index is 1690. The molecule has 1 aromatic heterocycles. The molecule has 0 aliphatic carbocycles. The van der Waals surface area contributed by atoms with Crippen LogP contribution in [-0.4, -0.2) is 36.2 Å². The number of carboxylic acids is 1. The van der Waals surface area contributed by atoms with Gasteiger partial charge in [0.2, 0.25) is 0 Å². The Morgan fingerprint density at radius 3 is 2.26 bits per heavy atom. The van der Waals surface area contributed by atoms with Crippen LogP contribution in [0.2, 0.25) is 0 Å². The minimum absolute atomic E-state index is 0.137. The first kappa shape index (κ1) is 26.4. The standard InChI is InChI=1S/C29H24N2O6S/c1-29(2,3)37-28(34)31(25-13-8-11-21-9-4-6-12-23(21)25)38(35,36)26-14-7-5-10-22(26)17-15-20-16-18-24(27(32)33)30-19-20/h4-14,16,18-19H,1-3H3,(H,32,33). The highest BCUT2D eigenvalue weighted by atomic mass is 32.2. The highest BCUT2D eigenvalue weighted by molar-refractivity contribution is 7.93. The van der Waals surface area contributed by atoms with Gasteiger partial charge in [0, 0.05) is 22.7 Å². The number of carbonyl (C=O) groups excluding carboxylic acids is 1. The zero-order valence-corrected chi connectivity index (χ0v) is 21.7. The molecule has 0 radical (unpaired) electrons. The molecule has 1 heterocycles. The van der Waals surface area contributed by atoms with Gasteiger partial charge in [-0.3, -0.25) is 0 Å². The number of pyridine rings is 1. The summed E-state index contributed by atoms with van der Waals surface area (Å²) in [4.78, 5) is 28.1. The number of amides is 1. The predicted octanol–water partition coefficient (Wildman–Crippen LogP) is 5.46. The molecule has 0 saturated heterocycles. The number of hydrogen-bond acceptors (Lipinski definition) is 6. The molecule has 0 spiro atoms. The van der Waals surface area contributed by atoms with E-state index in [2.05, 4.69) is 16.8 Å². The highest BCUT2D eigenvalue weighted by Crippen LogP contribution is 2.33. The Labute approximate surface area is 220 Å². The van der Waals surface area contributed by atoms with Crippen LogP contribution in [0.3, 0.4) is 0 Å². The number of sulfonamides is 1. The summed E-state index contributed by atoms with van der Waals surface area (Å²) in [5, 5.41) is 10.3. The second-order valence-corrected chi connectivity index (χ2v) is 11.0. The molecule has 192 valence electrons. The van der Waals surface area contributed by atoms with E-state index in [1.807, 2.05) is 18.2 Å². The van der Waals surface area contributed by atoms with Crippen LogP contribution in [-0.2, 0) is 14.8 Å². The summed E-state index contributed by atoms with van der Waals surface area (Å²) >= 11 is 0. The third kappa shape index (κ3) is 5.66. The van der Waals surface area contributed by atoms with E-state index in [1.165, 1.54) is 36.5 Å². The maximum atomic E-state index is 14.1. The minimum atomic E-state index is -4.51. The average molecular weight is 529 g/mol. The van der Waals surface area contributed by atoms with Gasteiger partial charge in [0.25, 0.3) is 10.0 Å². The molecular formula is C29H24N2O6S. The third-order valence-electron chi connectivity index (χ3n) is 5.27. The Morgan fingerprint density at radius 2 is 1.58 bits per heavy atom. The fourth-order valence-electron chi connectivity index (χ4n) is 3.64. The van der Waals surface area contributed by atoms with E-state index in [4.69, 9.17) is 9.84 Å². The van der Waals surface area contributed by atoms with E-state index >= 15 is 0 Å². The predicted molar refractivity (Wildman–Crippen MR) is 143 cm³/mol. The van der Waals surface area contributed by atoms with Crippen LogP contribution in [0.15, 0.2) is 90.0 Å². The molecule has 0 fully saturated rings. The number of aromatic nitrogens is 1. The number of nitrogens with zero attached hydrogens (tertiary/aromatic N) is 2. The minimum Gasteiger partial charge on any atom is -0.477 e. The lowest BCUT2D eigenvalue weighted by Crippen LogP contribution is -2.41. The number of carboxylic acid groups (broad SMARTS) is 1. The van der Waals surface area contributed by atoms with Crippen molar-refractivity contribution in [3.8, 4) is 11.8 Å². The summed E-state index contributed by atoms with van der Waals surface area (Å²) in [6.45, 7) is 4.96. The number of ether oxygens (including phenoxy) is 1. The molecule has 0 atom stereocenters. The Balaban J connectivity index is 1.86. The fraction of sp³-hybridized carbons (Fsp3) is 0.138. The van der Waals surface area contributed by atoms with Crippen LogP contribution in [0, 0.1) is 11.8 Å². The second-order valence-electron chi connectivity index (χ2n) is 9.23. The summed E-state index contributed by atoms with van der Waals surface area (Å²) in [5.41, 5.74) is -0.414. The van der Waals surface area contributed by atoms with Crippen LogP contribution in [0.5, 0.6) is 0 Å². The second kappa shape index (κ2) is 10.4. The molecule has 38 heavy (non-hydrogen) atoms. The summed E-state index contributed by atoms with van der Waals surface area (Å²) in [6.07, 6.45) is 0.238. The molecule has 4 aromatic rings. The van der Waals surface area contributed by atoms with Crippen molar-refractivity contribution in [3.05, 3.63) is 102 Å². The number of rotatable bonds is 4.